The van der Waals surface area contributed by atoms with Crippen LogP contribution >= 0.6 is 11.8 Å². The smallest absolute Gasteiger partial charge is 0.370 e. The molecule has 0 bridgehead atoms. The van der Waals surface area contributed by atoms with Crippen molar-refractivity contribution in [2.45, 2.75) is 19.5 Å². The predicted molar refractivity (Wildman–Crippen MR) is 57.5 cm³/mol. The molecule has 0 aromatic carbocycles. The molecule has 0 heterocycles. The van der Waals surface area contributed by atoms with Gasteiger partial charge < -0.3 is 10.1 Å². The van der Waals surface area contributed by atoms with Gasteiger partial charge in [0.25, 0.3) is 0 Å². The van der Waals surface area contributed by atoms with Crippen LogP contribution in [0.2, 0.25) is 0 Å². The van der Waals surface area contributed by atoms with Crippen molar-refractivity contribution in [3.63, 3.8) is 0 Å². The maximum atomic E-state index is 11.6. The minimum atomic E-state index is -4.30. The second kappa shape index (κ2) is 8.69. The Morgan fingerprint density at radius 1 is 1.44 bits per heavy atom. The molecule has 3 nitrogen and oxygen atoms in total. The first-order valence-electron chi connectivity index (χ1n) is 4.94. The number of carbonyl (C=O) groups excluding carboxylic acids is 1. The van der Waals surface area contributed by atoms with E-state index in [0.29, 0.717) is 6.42 Å². The second-order valence-electron chi connectivity index (χ2n) is 2.96. The Kier molecular flexibility index (Phi) is 8.46. The van der Waals surface area contributed by atoms with Crippen LogP contribution in [-0.2, 0) is 9.53 Å². The SMILES string of the molecule is CCSCCC(=O)NCCOCC(F)(F)F. The highest BCUT2D eigenvalue weighted by Crippen LogP contribution is 2.13. The second-order valence-corrected chi connectivity index (χ2v) is 4.36. The third kappa shape index (κ3) is 11.6. The van der Waals surface area contributed by atoms with E-state index in [2.05, 4.69) is 10.1 Å². The maximum absolute atomic E-state index is 11.6. The normalized spacial score (nSPS) is 11.5. The molecule has 0 atom stereocenters. The van der Waals surface area contributed by atoms with E-state index < -0.39 is 12.8 Å². The van der Waals surface area contributed by atoms with Gasteiger partial charge in [-0.1, -0.05) is 6.92 Å². The van der Waals surface area contributed by atoms with Crippen LogP contribution in [0.15, 0.2) is 0 Å². The van der Waals surface area contributed by atoms with Crippen LogP contribution in [-0.4, -0.2) is 43.3 Å². The number of alkyl halides is 3. The third-order valence-corrected chi connectivity index (χ3v) is 2.41. The fourth-order valence-electron chi connectivity index (χ4n) is 0.848. The van der Waals surface area contributed by atoms with Crippen LogP contribution in [0.3, 0.4) is 0 Å². The molecule has 1 amide bonds. The minimum absolute atomic E-state index is 0.117. The van der Waals surface area contributed by atoms with Gasteiger partial charge in [0.15, 0.2) is 0 Å². The van der Waals surface area contributed by atoms with Crippen molar-refractivity contribution in [3.8, 4) is 0 Å². The summed E-state index contributed by atoms with van der Waals surface area (Å²) in [5, 5.41) is 2.48. The van der Waals surface area contributed by atoms with Crippen LogP contribution in [0, 0.1) is 0 Å². The third-order valence-electron chi connectivity index (χ3n) is 1.51. The molecule has 0 aromatic heterocycles. The summed E-state index contributed by atoms with van der Waals surface area (Å²) in [6, 6.07) is 0. The fourth-order valence-corrected chi connectivity index (χ4v) is 1.47. The summed E-state index contributed by atoms with van der Waals surface area (Å²) in [6.45, 7) is 0.722. The van der Waals surface area contributed by atoms with Gasteiger partial charge in [-0.3, -0.25) is 4.79 Å². The number of nitrogens with one attached hydrogen (secondary N) is 1. The Hall–Kier alpha value is -0.430. The Labute approximate surface area is 97.1 Å². The number of amides is 1. The lowest BCUT2D eigenvalue weighted by Crippen LogP contribution is -2.29. The van der Waals surface area contributed by atoms with Crippen molar-refractivity contribution in [2.75, 3.05) is 31.3 Å². The summed E-state index contributed by atoms with van der Waals surface area (Å²) in [6.07, 6.45) is -3.92. The van der Waals surface area contributed by atoms with Gasteiger partial charge in [-0.15, -0.1) is 0 Å². The first-order valence-corrected chi connectivity index (χ1v) is 6.10. The highest BCUT2D eigenvalue weighted by molar-refractivity contribution is 7.99. The number of halogens is 3. The molecule has 96 valence electrons. The molecule has 0 saturated heterocycles. The highest BCUT2D eigenvalue weighted by atomic mass is 32.2. The lowest BCUT2D eigenvalue weighted by Gasteiger charge is -2.08. The summed E-state index contributed by atoms with van der Waals surface area (Å²) in [7, 11) is 0. The van der Waals surface area contributed by atoms with E-state index in [9.17, 15) is 18.0 Å². The molecule has 1 N–H and O–H groups in total. The van der Waals surface area contributed by atoms with Gasteiger partial charge in [-0.2, -0.15) is 24.9 Å². The van der Waals surface area contributed by atoms with E-state index in [-0.39, 0.29) is 19.1 Å². The Balaban J connectivity index is 3.28. The number of thioether (sulfide) groups is 1. The fraction of sp³-hybridized carbons (Fsp3) is 0.889. The molecule has 0 radical (unpaired) electrons. The van der Waals surface area contributed by atoms with Crippen molar-refractivity contribution in [1.29, 1.82) is 0 Å². The summed E-state index contributed by atoms with van der Waals surface area (Å²) in [4.78, 5) is 11.1. The van der Waals surface area contributed by atoms with Crippen LogP contribution in [0.25, 0.3) is 0 Å². The average molecular weight is 259 g/mol. The lowest BCUT2D eigenvalue weighted by molar-refractivity contribution is -0.173. The maximum Gasteiger partial charge on any atom is 0.411 e. The van der Waals surface area contributed by atoms with E-state index in [4.69, 9.17) is 0 Å². The first kappa shape index (κ1) is 15.6. The zero-order valence-corrected chi connectivity index (χ0v) is 9.92. The van der Waals surface area contributed by atoms with Crippen molar-refractivity contribution >= 4 is 17.7 Å². The van der Waals surface area contributed by atoms with E-state index in [1.54, 1.807) is 11.8 Å². The zero-order chi connectivity index (χ0) is 12.4. The summed E-state index contributed by atoms with van der Waals surface area (Å²) in [5.74, 6) is 1.52. The molecule has 0 spiro atoms. The molecular formula is C9H16F3NO2S. The van der Waals surface area contributed by atoms with Gasteiger partial charge in [0, 0.05) is 18.7 Å². The van der Waals surface area contributed by atoms with Gasteiger partial charge in [0.05, 0.1) is 6.61 Å². The molecule has 0 fully saturated rings. The highest BCUT2D eigenvalue weighted by Gasteiger charge is 2.27. The molecule has 0 aliphatic heterocycles. The number of carbonyl (C=O) groups is 1. The number of hydrogen-bond donors (Lipinski definition) is 1. The molecule has 0 saturated carbocycles. The Morgan fingerprint density at radius 2 is 2.12 bits per heavy atom. The van der Waals surface area contributed by atoms with Crippen LogP contribution in [0.4, 0.5) is 13.2 Å². The molecule has 0 aliphatic rings. The zero-order valence-electron chi connectivity index (χ0n) is 9.10. The predicted octanol–water partition coefficient (Wildman–Crippen LogP) is 1.82. The summed E-state index contributed by atoms with van der Waals surface area (Å²) < 4.78 is 39.2. The topological polar surface area (TPSA) is 38.3 Å². The van der Waals surface area contributed by atoms with Crippen molar-refractivity contribution in [3.05, 3.63) is 0 Å². The largest absolute Gasteiger partial charge is 0.411 e. The quantitative estimate of drug-likeness (QED) is 0.676. The van der Waals surface area contributed by atoms with E-state index in [0.717, 1.165) is 11.5 Å². The van der Waals surface area contributed by atoms with Crippen LogP contribution in [0.5, 0.6) is 0 Å². The molecular weight excluding hydrogens is 243 g/mol. The average Bonchev–Trinajstić information content (AvgIpc) is 2.16. The minimum Gasteiger partial charge on any atom is -0.370 e. The molecule has 16 heavy (non-hydrogen) atoms. The van der Waals surface area contributed by atoms with Gasteiger partial charge in [-0.05, 0) is 5.75 Å². The van der Waals surface area contributed by atoms with Gasteiger partial charge in [-0.25, -0.2) is 0 Å². The molecule has 0 aromatic rings. The van der Waals surface area contributed by atoms with E-state index in [1.165, 1.54) is 0 Å². The van der Waals surface area contributed by atoms with Gasteiger partial charge >= 0.3 is 6.18 Å². The molecule has 0 aliphatic carbocycles. The number of hydrogen-bond acceptors (Lipinski definition) is 3. The first-order chi connectivity index (χ1) is 7.45. The standard InChI is InChI=1S/C9H16F3NO2S/c1-2-16-6-3-8(14)13-4-5-15-7-9(10,11)12/h2-7H2,1H3,(H,13,14). The monoisotopic (exact) mass is 259 g/mol. The summed E-state index contributed by atoms with van der Waals surface area (Å²) >= 11 is 1.64. The Morgan fingerprint density at radius 3 is 2.69 bits per heavy atom. The number of rotatable bonds is 8. The summed E-state index contributed by atoms with van der Waals surface area (Å²) in [5.41, 5.74) is 0. The lowest BCUT2D eigenvalue weighted by atomic mass is 10.4. The van der Waals surface area contributed by atoms with Crippen molar-refractivity contribution in [2.24, 2.45) is 0 Å². The van der Waals surface area contributed by atoms with E-state index in [1.807, 2.05) is 6.92 Å². The molecule has 0 unspecified atom stereocenters. The van der Waals surface area contributed by atoms with Crippen LogP contribution < -0.4 is 5.32 Å². The Bertz CT molecular complexity index is 200. The van der Waals surface area contributed by atoms with Crippen molar-refractivity contribution in [1.82, 2.24) is 5.32 Å². The number of ether oxygens (including phenoxy) is 1. The van der Waals surface area contributed by atoms with Gasteiger partial charge in [0.2, 0.25) is 5.91 Å². The van der Waals surface area contributed by atoms with Crippen molar-refractivity contribution < 1.29 is 22.7 Å². The van der Waals surface area contributed by atoms with Gasteiger partial charge in [0.1, 0.15) is 6.61 Å². The van der Waals surface area contributed by atoms with E-state index >= 15 is 0 Å². The molecule has 0 rings (SSSR count). The molecule has 7 heteroatoms. The van der Waals surface area contributed by atoms with Crippen LogP contribution in [0.1, 0.15) is 13.3 Å².